The molecule has 1 aromatic carbocycles. The molecule has 0 bridgehead atoms. The summed E-state index contributed by atoms with van der Waals surface area (Å²) in [6.45, 7) is 0. The first kappa shape index (κ1) is 13.8. The molecule has 3 heteroatoms. The predicted molar refractivity (Wildman–Crippen MR) is 74.1 cm³/mol. The van der Waals surface area contributed by atoms with Crippen LogP contribution in [-0.4, -0.2) is 0 Å². The van der Waals surface area contributed by atoms with Gasteiger partial charge in [0.15, 0.2) is 0 Å². The second kappa shape index (κ2) is 6.53. The zero-order chi connectivity index (χ0) is 13.0. The van der Waals surface area contributed by atoms with Gasteiger partial charge in [0.1, 0.15) is 5.82 Å². The van der Waals surface area contributed by atoms with Crippen LogP contribution in [0.4, 0.5) is 4.39 Å². The molecule has 1 aliphatic carbocycles. The number of nitrogens with two attached hydrogens (primary N) is 1. The van der Waals surface area contributed by atoms with E-state index in [2.05, 4.69) is 0 Å². The molecular formula is C15H21ClFN. The normalized spacial score (nSPS) is 18.8. The molecule has 0 aliphatic heterocycles. The van der Waals surface area contributed by atoms with Gasteiger partial charge in [0.25, 0.3) is 0 Å². The van der Waals surface area contributed by atoms with Crippen LogP contribution >= 0.6 is 11.6 Å². The van der Waals surface area contributed by atoms with E-state index < -0.39 is 0 Å². The summed E-state index contributed by atoms with van der Waals surface area (Å²) in [4.78, 5) is 0. The third kappa shape index (κ3) is 3.69. The van der Waals surface area contributed by atoms with Gasteiger partial charge in [-0.05, 0) is 37.0 Å². The minimum absolute atomic E-state index is 0.231. The first-order valence-corrected chi connectivity index (χ1v) is 7.25. The van der Waals surface area contributed by atoms with Crippen molar-refractivity contribution in [3.8, 4) is 0 Å². The summed E-state index contributed by atoms with van der Waals surface area (Å²) in [5, 5.41) is 0.555. The standard InChI is InChI=1S/C15H21ClFN/c16-12-7-8-14(17)13(10-12)15(18)9-6-11-4-2-1-3-5-11/h7-8,10-11,15H,1-6,9,18H2. The summed E-state index contributed by atoms with van der Waals surface area (Å²) in [7, 11) is 0. The SMILES string of the molecule is NC(CCC1CCCCC1)c1cc(Cl)ccc1F. The highest BCUT2D eigenvalue weighted by atomic mass is 35.5. The molecule has 0 amide bonds. The second-order valence-electron chi connectivity index (χ2n) is 5.35. The van der Waals surface area contributed by atoms with E-state index in [1.54, 1.807) is 12.1 Å². The Morgan fingerprint density at radius 3 is 2.72 bits per heavy atom. The fourth-order valence-corrected chi connectivity index (χ4v) is 3.03. The van der Waals surface area contributed by atoms with E-state index in [1.807, 2.05) is 0 Å². The number of rotatable bonds is 4. The van der Waals surface area contributed by atoms with Crippen molar-refractivity contribution in [1.82, 2.24) is 0 Å². The molecule has 2 rings (SSSR count). The molecule has 0 aromatic heterocycles. The Kier molecular flexibility index (Phi) is 5.02. The van der Waals surface area contributed by atoms with E-state index in [0.29, 0.717) is 10.6 Å². The van der Waals surface area contributed by atoms with Crippen LogP contribution in [0.15, 0.2) is 18.2 Å². The lowest BCUT2D eigenvalue weighted by Crippen LogP contribution is -2.15. The van der Waals surface area contributed by atoms with Crippen LogP contribution in [0.2, 0.25) is 5.02 Å². The summed E-state index contributed by atoms with van der Waals surface area (Å²) < 4.78 is 13.6. The third-order valence-corrected chi connectivity index (χ3v) is 4.20. The lowest BCUT2D eigenvalue weighted by Gasteiger charge is -2.23. The van der Waals surface area contributed by atoms with Gasteiger partial charge >= 0.3 is 0 Å². The van der Waals surface area contributed by atoms with E-state index in [1.165, 1.54) is 38.2 Å². The molecule has 0 heterocycles. The number of hydrogen-bond donors (Lipinski definition) is 1. The molecule has 1 aliphatic rings. The van der Waals surface area contributed by atoms with Gasteiger partial charge in [-0.2, -0.15) is 0 Å². The molecule has 1 unspecified atom stereocenters. The van der Waals surface area contributed by atoms with Crippen molar-refractivity contribution < 1.29 is 4.39 Å². The fourth-order valence-electron chi connectivity index (χ4n) is 2.85. The van der Waals surface area contributed by atoms with Gasteiger partial charge in [0.2, 0.25) is 0 Å². The molecule has 100 valence electrons. The highest BCUT2D eigenvalue weighted by molar-refractivity contribution is 6.30. The van der Waals surface area contributed by atoms with E-state index in [9.17, 15) is 4.39 Å². The van der Waals surface area contributed by atoms with Crippen LogP contribution < -0.4 is 5.73 Å². The quantitative estimate of drug-likeness (QED) is 0.832. The Morgan fingerprint density at radius 1 is 1.28 bits per heavy atom. The average molecular weight is 270 g/mol. The first-order valence-electron chi connectivity index (χ1n) is 6.87. The number of halogens is 2. The van der Waals surface area contributed by atoms with Crippen molar-refractivity contribution in [3.05, 3.63) is 34.6 Å². The van der Waals surface area contributed by atoms with Crippen LogP contribution in [0, 0.1) is 11.7 Å². The maximum atomic E-state index is 13.6. The van der Waals surface area contributed by atoms with Crippen molar-refractivity contribution in [2.75, 3.05) is 0 Å². The largest absolute Gasteiger partial charge is 0.324 e. The maximum absolute atomic E-state index is 13.6. The predicted octanol–water partition coefficient (Wildman–Crippen LogP) is 4.84. The van der Waals surface area contributed by atoms with Crippen molar-refractivity contribution in [3.63, 3.8) is 0 Å². The minimum Gasteiger partial charge on any atom is -0.324 e. The molecule has 2 N–H and O–H groups in total. The van der Waals surface area contributed by atoms with Crippen molar-refractivity contribution in [1.29, 1.82) is 0 Å². The Morgan fingerprint density at radius 2 is 2.00 bits per heavy atom. The summed E-state index contributed by atoms with van der Waals surface area (Å²) in [5.74, 6) is 0.544. The van der Waals surface area contributed by atoms with E-state index in [-0.39, 0.29) is 11.9 Å². The van der Waals surface area contributed by atoms with Gasteiger partial charge in [0.05, 0.1) is 0 Å². The summed E-state index contributed by atoms with van der Waals surface area (Å²) >= 11 is 5.89. The summed E-state index contributed by atoms with van der Waals surface area (Å²) in [6.07, 6.45) is 8.62. The third-order valence-electron chi connectivity index (χ3n) is 3.97. The Bertz CT molecular complexity index is 388. The molecule has 1 fully saturated rings. The number of benzene rings is 1. The van der Waals surface area contributed by atoms with E-state index in [0.717, 1.165) is 18.8 Å². The average Bonchev–Trinajstić information content (AvgIpc) is 2.40. The Labute approximate surface area is 114 Å². The fraction of sp³-hybridized carbons (Fsp3) is 0.600. The highest BCUT2D eigenvalue weighted by Crippen LogP contribution is 2.30. The van der Waals surface area contributed by atoms with Gasteiger partial charge in [-0.3, -0.25) is 0 Å². The molecular weight excluding hydrogens is 249 g/mol. The van der Waals surface area contributed by atoms with Crippen LogP contribution in [0.1, 0.15) is 56.6 Å². The second-order valence-corrected chi connectivity index (χ2v) is 5.79. The Hall–Kier alpha value is -0.600. The van der Waals surface area contributed by atoms with Crippen LogP contribution in [0.25, 0.3) is 0 Å². The zero-order valence-corrected chi connectivity index (χ0v) is 11.4. The first-order chi connectivity index (χ1) is 8.66. The lowest BCUT2D eigenvalue weighted by molar-refractivity contribution is 0.323. The van der Waals surface area contributed by atoms with Crippen LogP contribution in [0.5, 0.6) is 0 Å². The van der Waals surface area contributed by atoms with Gasteiger partial charge in [-0.1, -0.05) is 43.7 Å². The molecule has 1 nitrogen and oxygen atoms in total. The molecule has 1 saturated carbocycles. The monoisotopic (exact) mass is 269 g/mol. The van der Waals surface area contributed by atoms with E-state index in [4.69, 9.17) is 17.3 Å². The van der Waals surface area contributed by atoms with E-state index >= 15 is 0 Å². The van der Waals surface area contributed by atoms with Gasteiger partial charge in [-0.15, -0.1) is 0 Å². The molecule has 0 saturated heterocycles. The topological polar surface area (TPSA) is 26.0 Å². The summed E-state index contributed by atoms with van der Waals surface area (Å²) in [6, 6.07) is 4.39. The van der Waals surface area contributed by atoms with Crippen LogP contribution in [-0.2, 0) is 0 Å². The van der Waals surface area contributed by atoms with Gasteiger partial charge in [-0.25, -0.2) is 4.39 Å². The zero-order valence-electron chi connectivity index (χ0n) is 10.7. The lowest BCUT2D eigenvalue weighted by atomic mass is 9.84. The molecule has 1 aromatic rings. The summed E-state index contributed by atoms with van der Waals surface area (Å²) in [5.41, 5.74) is 6.64. The molecule has 1 atom stereocenters. The number of hydrogen-bond acceptors (Lipinski definition) is 1. The maximum Gasteiger partial charge on any atom is 0.128 e. The van der Waals surface area contributed by atoms with Crippen LogP contribution in [0.3, 0.4) is 0 Å². The van der Waals surface area contributed by atoms with Crippen molar-refractivity contribution in [2.45, 2.75) is 51.0 Å². The smallest absolute Gasteiger partial charge is 0.128 e. The molecule has 18 heavy (non-hydrogen) atoms. The van der Waals surface area contributed by atoms with Gasteiger partial charge in [0, 0.05) is 16.6 Å². The highest BCUT2D eigenvalue weighted by Gasteiger charge is 2.17. The molecule has 0 spiro atoms. The van der Waals surface area contributed by atoms with Gasteiger partial charge < -0.3 is 5.73 Å². The Balaban J connectivity index is 1.90. The van der Waals surface area contributed by atoms with Crippen molar-refractivity contribution >= 4 is 11.6 Å². The minimum atomic E-state index is -0.240. The van der Waals surface area contributed by atoms with Crippen molar-refractivity contribution in [2.24, 2.45) is 11.7 Å². The molecule has 0 radical (unpaired) electrons.